The predicted octanol–water partition coefficient (Wildman–Crippen LogP) is 1.70. The standard InChI is InChI=1S/C15H13ClFN3O2/c16-13-5-4-9(8-19-13)6-12(14(18)21)20-15(22)10-2-1-3-11(17)7-10/h1-5,7-8,12H,6H2,(H2,18,21)(H,20,22)/t12-/m0/s1. The van der Waals surface area contributed by atoms with Gasteiger partial charge in [0.25, 0.3) is 5.91 Å². The lowest BCUT2D eigenvalue weighted by Gasteiger charge is -2.15. The zero-order valence-corrected chi connectivity index (χ0v) is 12.2. The lowest BCUT2D eigenvalue weighted by atomic mass is 10.1. The van der Waals surface area contributed by atoms with Crippen LogP contribution in [0.2, 0.25) is 5.15 Å². The highest BCUT2D eigenvalue weighted by molar-refractivity contribution is 6.29. The summed E-state index contributed by atoms with van der Waals surface area (Å²) in [6, 6.07) is 7.48. The molecule has 0 aliphatic rings. The van der Waals surface area contributed by atoms with Gasteiger partial charge in [0.2, 0.25) is 5.91 Å². The molecule has 22 heavy (non-hydrogen) atoms. The number of nitrogens with zero attached hydrogens (tertiary/aromatic N) is 1. The monoisotopic (exact) mass is 321 g/mol. The summed E-state index contributed by atoms with van der Waals surface area (Å²) in [5, 5.41) is 2.80. The minimum Gasteiger partial charge on any atom is -0.368 e. The molecule has 5 nitrogen and oxygen atoms in total. The Labute approximate surface area is 131 Å². The van der Waals surface area contributed by atoms with Crippen molar-refractivity contribution in [1.82, 2.24) is 10.3 Å². The third-order valence-electron chi connectivity index (χ3n) is 2.96. The second-order valence-corrected chi connectivity index (χ2v) is 5.02. The van der Waals surface area contributed by atoms with Crippen LogP contribution in [0.1, 0.15) is 15.9 Å². The molecule has 0 saturated heterocycles. The van der Waals surface area contributed by atoms with Crippen LogP contribution in [0.15, 0.2) is 42.6 Å². The van der Waals surface area contributed by atoms with Gasteiger partial charge in [-0.3, -0.25) is 9.59 Å². The zero-order valence-electron chi connectivity index (χ0n) is 11.4. The van der Waals surface area contributed by atoms with Gasteiger partial charge in [-0.25, -0.2) is 9.37 Å². The van der Waals surface area contributed by atoms with Gasteiger partial charge in [-0.1, -0.05) is 23.7 Å². The van der Waals surface area contributed by atoms with Crippen molar-refractivity contribution in [2.45, 2.75) is 12.5 Å². The number of amides is 2. The number of carbonyl (C=O) groups excluding carboxylic acids is 2. The molecular weight excluding hydrogens is 309 g/mol. The highest BCUT2D eigenvalue weighted by atomic mass is 35.5. The Morgan fingerprint density at radius 2 is 2.09 bits per heavy atom. The van der Waals surface area contributed by atoms with E-state index in [9.17, 15) is 14.0 Å². The molecule has 114 valence electrons. The van der Waals surface area contributed by atoms with Crippen molar-refractivity contribution in [2.24, 2.45) is 5.73 Å². The van der Waals surface area contributed by atoms with Crippen molar-refractivity contribution in [2.75, 3.05) is 0 Å². The topological polar surface area (TPSA) is 85.1 Å². The zero-order chi connectivity index (χ0) is 16.1. The van der Waals surface area contributed by atoms with Crippen LogP contribution in [0.3, 0.4) is 0 Å². The largest absolute Gasteiger partial charge is 0.368 e. The van der Waals surface area contributed by atoms with E-state index in [4.69, 9.17) is 17.3 Å². The second-order valence-electron chi connectivity index (χ2n) is 4.63. The number of carbonyl (C=O) groups is 2. The number of rotatable bonds is 5. The van der Waals surface area contributed by atoms with E-state index < -0.39 is 23.7 Å². The number of pyridine rings is 1. The third kappa shape index (κ3) is 4.26. The Kier molecular flexibility index (Phi) is 5.06. The molecule has 3 N–H and O–H groups in total. The molecule has 1 aromatic carbocycles. The van der Waals surface area contributed by atoms with Crippen molar-refractivity contribution in [3.63, 3.8) is 0 Å². The quantitative estimate of drug-likeness (QED) is 0.822. The summed E-state index contributed by atoms with van der Waals surface area (Å²) in [6.45, 7) is 0. The summed E-state index contributed by atoms with van der Waals surface area (Å²) in [7, 11) is 0. The van der Waals surface area contributed by atoms with Crippen LogP contribution in [0.5, 0.6) is 0 Å². The number of halogens is 2. The predicted molar refractivity (Wildman–Crippen MR) is 79.8 cm³/mol. The molecule has 7 heteroatoms. The molecule has 0 aliphatic carbocycles. The van der Waals surface area contributed by atoms with Crippen molar-refractivity contribution in [3.05, 3.63) is 64.7 Å². The molecule has 1 heterocycles. The molecule has 2 aromatic rings. The number of hydrogen-bond donors (Lipinski definition) is 2. The van der Waals surface area contributed by atoms with Crippen LogP contribution in [0.25, 0.3) is 0 Å². The van der Waals surface area contributed by atoms with E-state index in [1.54, 1.807) is 12.1 Å². The number of aromatic nitrogens is 1. The van der Waals surface area contributed by atoms with Crippen molar-refractivity contribution < 1.29 is 14.0 Å². The maximum Gasteiger partial charge on any atom is 0.252 e. The van der Waals surface area contributed by atoms with Gasteiger partial charge in [0.15, 0.2) is 0 Å². The first kappa shape index (κ1) is 15.9. The molecular formula is C15H13ClFN3O2. The van der Waals surface area contributed by atoms with Crippen LogP contribution in [-0.4, -0.2) is 22.8 Å². The molecule has 0 unspecified atom stereocenters. The average Bonchev–Trinajstić information content (AvgIpc) is 2.48. The molecule has 2 amide bonds. The molecule has 2 rings (SSSR count). The van der Waals surface area contributed by atoms with E-state index in [0.29, 0.717) is 10.7 Å². The van der Waals surface area contributed by atoms with Crippen molar-refractivity contribution in [3.8, 4) is 0 Å². The minimum absolute atomic E-state index is 0.112. The summed E-state index contributed by atoms with van der Waals surface area (Å²) < 4.78 is 13.1. The van der Waals surface area contributed by atoms with Gasteiger partial charge in [-0.15, -0.1) is 0 Å². The Bertz CT molecular complexity index is 691. The lowest BCUT2D eigenvalue weighted by molar-refractivity contribution is -0.119. The SMILES string of the molecule is NC(=O)[C@H](Cc1ccc(Cl)nc1)NC(=O)c1cccc(F)c1. The normalized spacial score (nSPS) is 11.7. The molecule has 1 aromatic heterocycles. The van der Waals surface area contributed by atoms with E-state index in [1.165, 1.54) is 24.4 Å². The molecule has 0 spiro atoms. The van der Waals surface area contributed by atoms with E-state index >= 15 is 0 Å². The van der Waals surface area contributed by atoms with Gasteiger partial charge in [0, 0.05) is 18.2 Å². The van der Waals surface area contributed by atoms with Crippen LogP contribution >= 0.6 is 11.6 Å². The summed E-state index contributed by atoms with van der Waals surface area (Å²) in [5.74, 6) is -1.81. The van der Waals surface area contributed by atoms with Crippen LogP contribution in [0.4, 0.5) is 4.39 Å². The molecule has 0 radical (unpaired) electrons. The van der Waals surface area contributed by atoms with E-state index in [-0.39, 0.29) is 12.0 Å². The first-order chi connectivity index (χ1) is 10.5. The maximum atomic E-state index is 13.1. The highest BCUT2D eigenvalue weighted by Crippen LogP contribution is 2.09. The van der Waals surface area contributed by atoms with Crippen LogP contribution < -0.4 is 11.1 Å². The minimum atomic E-state index is -0.932. The fourth-order valence-electron chi connectivity index (χ4n) is 1.86. The Morgan fingerprint density at radius 1 is 1.32 bits per heavy atom. The molecule has 1 atom stereocenters. The fourth-order valence-corrected chi connectivity index (χ4v) is 1.97. The smallest absolute Gasteiger partial charge is 0.252 e. The van der Waals surface area contributed by atoms with Gasteiger partial charge in [-0.05, 0) is 29.8 Å². The molecule has 0 saturated carbocycles. The van der Waals surface area contributed by atoms with E-state index in [1.807, 2.05) is 0 Å². The molecule has 0 aliphatic heterocycles. The van der Waals surface area contributed by atoms with Crippen molar-refractivity contribution >= 4 is 23.4 Å². The van der Waals surface area contributed by atoms with E-state index in [2.05, 4.69) is 10.3 Å². The number of nitrogens with one attached hydrogen (secondary N) is 1. The number of primary amides is 1. The Balaban J connectivity index is 2.10. The highest BCUT2D eigenvalue weighted by Gasteiger charge is 2.19. The third-order valence-corrected chi connectivity index (χ3v) is 3.19. The summed E-state index contributed by atoms with van der Waals surface area (Å²) in [6.07, 6.45) is 1.66. The summed E-state index contributed by atoms with van der Waals surface area (Å²) in [5.41, 5.74) is 6.10. The first-order valence-corrected chi connectivity index (χ1v) is 6.79. The summed E-state index contributed by atoms with van der Waals surface area (Å²) >= 11 is 5.68. The molecule has 0 fully saturated rings. The number of benzene rings is 1. The van der Waals surface area contributed by atoms with Gasteiger partial charge >= 0.3 is 0 Å². The van der Waals surface area contributed by atoms with Gasteiger partial charge in [-0.2, -0.15) is 0 Å². The maximum absolute atomic E-state index is 13.1. The van der Waals surface area contributed by atoms with Gasteiger partial charge in [0.1, 0.15) is 17.0 Å². The van der Waals surface area contributed by atoms with Crippen LogP contribution in [-0.2, 0) is 11.2 Å². The average molecular weight is 322 g/mol. The first-order valence-electron chi connectivity index (χ1n) is 6.42. The molecule has 0 bridgehead atoms. The number of nitrogens with two attached hydrogens (primary N) is 1. The summed E-state index contributed by atoms with van der Waals surface area (Å²) in [4.78, 5) is 27.4. The Hall–Kier alpha value is -2.47. The lowest BCUT2D eigenvalue weighted by Crippen LogP contribution is -2.45. The second kappa shape index (κ2) is 7.00. The van der Waals surface area contributed by atoms with Gasteiger partial charge in [0.05, 0.1) is 0 Å². The Morgan fingerprint density at radius 3 is 2.68 bits per heavy atom. The van der Waals surface area contributed by atoms with E-state index in [0.717, 1.165) is 6.07 Å². The van der Waals surface area contributed by atoms with Crippen molar-refractivity contribution in [1.29, 1.82) is 0 Å². The fraction of sp³-hybridized carbons (Fsp3) is 0.133. The van der Waals surface area contributed by atoms with Crippen LogP contribution in [0, 0.1) is 5.82 Å². The van der Waals surface area contributed by atoms with Gasteiger partial charge < -0.3 is 11.1 Å². The number of hydrogen-bond acceptors (Lipinski definition) is 3.